The molecule has 0 aliphatic heterocycles. The summed E-state index contributed by atoms with van der Waals surface area (Å²) in [6, 6.07) is 0. The lowest BCUT2D eigenvalue weighted by atomic mass is 10.00. The van der Waals surface area contributed by atoms with Gasteiger partial charge in [0.2, 0.25) is 0 Å². The minimum atomic E-state index is -0.564. The minimum Gasteiger partial charge on any atom is -0.351 e. The number of rotatable bonds is 15. The maximum absolute atomic E-state index is 5.88. The third-order valence-electron chi connectivity index (χ3n) is 3.94. The van der Waals surface area contributed by atoms with Crippen molar-refractivity contribution in [2.24, 2.45) is 5.92 Å². The van der Waals surface area contributed by atoms with Gasteiger partial charge in [-0.2, -0.15) is 0 Å². The van der Waals surface area contributed by atoms with Crippen molar-refractivity contribution in [2.45, 2.75) is 78.9 Å². The first-order valence-corrected chi connectivity index (χ1v) is 18.6. The quantitative estimate of drug-likeness (QED) is 0.0905. The van der Waals surface area contributed by atoms with Crippen LogP contribution in [0.3, 0.4) is 0 Å². The third-order valence-corrected chi connectivity index (χ3v) is 6.00. The summed E-state index contributed by atoms with van der Waals surface area (Å²) in [7, 11) is 7.90. The Labute approximate surface area is 209 Å². The largest absolute Gasteiger partial charge is 0.351 e. The van der Waals surface area contributed by atoms with Crippen LogP contribution in [0, 0.1) is 17.8 Å². The Kier molecular flexibility index (Phi) is 29.7. The summed E-state index contributed by atoms with van der Waals surface area (Å²) in [5, 5.41) is 0. The zero-order valence-electron chi connectivity index (χ0n) is 20.5. The molecule has 0 spiro atoms. The van der Waals surface area contributed by atoms with E-state index in [0.29, 0.717) is 14.4 Å². The molecule has 7 unspecified atom stereocenters. The number of hydrogen-bond acceptors (Lipinski definition) is 2. The van der Waals surface area contributed by atoms with Crippen molar-refractivity contribution < 1.29 is 9.05 Å². The molecule has 0 saturated carbocycles. The smallest absolute Gasteiger partial charge is 0.0919 e. The van der Waals surface area contributed by atoms with Crippen LogP contribution in [-0.4, -0.2) is 12.2 Å². The molecule has 0 amide bonds. The van der Waals surface area contributed by atoms with Gasteiger partial charge in [-0.15, -0.1) is 11.8 Å². The minimum absolute atomic E-state index is 0.0252. The molecular weight excluding hydrogens is 487 g/mol. The summed E-state index contributed by atoms with van der Waals surface area (Å²) in [5.74, 6) is 6.72. The molecule has 32 heavy (non-hydrogen) atoms. The van der Waals surface area contributed by atoms with Gasteiger partial charge in [-0.3, -0.25) is 0 Å². The third kappa shape index (κ3) is 23.5. The van der Waals surface area contributed by atoms with Crippen LogP contribution < -0.4 is 0 Å². The van der Waals surface area contributed by atoms with Gasteiger partial charge in [0.15, 0.2) is 0 Å². The second-order valence-corrected chi connectivity index (χ2v) is 13.6. The fraction of sp³-hybridized carbons (Fsp3) is 0.520. The molecule has 0 fully saturated rings. The molecule has 0 bridgehead atoms. The summed E-state index contributed by atoms with van der Waals surface area (Å²) in [6.07, 6.45) is 26.1. The van der Waals surface area contributed by atoms with Crippen LogP contribution in [0.2, 0.25) is 0 Å². The molecular formula is C25H45O2P5. The van der Waals surface area contributed by atoms with Crippen molar-refractivity contribution in [1.29, 1.82) is 0 Å². The maximum Gasteiger partial charge on any atom is 0.0919 e. The van der Waals surface area contributed by atoms with Crippen molar-refractivity contribution in [3.63, 3.8) is 0 Å². The van der Waals surface area contributed by atoms with Crippen LogP contribution in [0.15, 0.2) is 60.8 Å². The zero-order valence-corrected chi connectivity index (χ0v) is 25.9. The van der Waals surface area contributed by atoms with E-state index >= 15 is 0 Å². The van der Waals surface area contributed by atoms with Gasteiger partial charge in [0, 0.05) is 21.3 Å². The van der Waals surface area contributed by atoms with E-state index < -0.39 is 7.53 Å². The van der Waals surface area contributed by atoms with E-state index in [1.54, 1.807) is 0 Å². The van der Waals surface area contributed by atoms with Gasteiger partial charge in [0.1, 0.15) is 0 Å². The zero-order chi connectivity index (χ0) is 24.5. The Balaban J connectivity index is 0. The van der Waals surface area contributed by atoms with Crippen LogP contribution in [0.1, 0.15) is 66.7 Å². The van der Waals surface area contributed by atoms with E-state index in [-0.39, 0.29) is 12.2 Å². The summed E-state index contributed by atoms with van der Waals surface area (Å²) >= 11 is 0. The monoisotopic (exact) mass is 532 g/mol. The van der Waals surface area contributed by atoms with E-state index in [1.807, 2.05) is 44.2 Å². The number of unbranched alkanes of at least 4 members (excludes halogenated alkanes) is 1. The molecule has 0 aromatic carbocycles. The lowest BCUT2D eigenvalue weighted by Crippen LogP contribution is -2.15. The van der Waals surface area contributed by atoms with E-state index in [4.69, 9.17) is 9.05 Å². The molecule has 0 radical (unpaired) electrons. The van der Waals surface area contributed by atoms with Gasteiger partial charge in [-0.1, -0.05) is 129 Å². The SMILES string of the molecule is CC.CCC#CCC(/C=C/C=C\C=C\C=C\C(OPP)C(C)C/C=C\CCC)OP(P)P. The average Bonchev–Trinajstić information content (AvgIpc) is 2.78. The van der Waals surface area contributed by atoms with Crippen LogP contribution in [0.25, 0.3) is 0 Å². The Bertz CT molecular complexity index is 616. The van der Waals surface area contributed by atoms with Gasteiger partial charge >= 0.3 is 0 Å². The predicted molar refractivity (Wildman–Crippen MR) is 163 cm³/mol. The van der Waals surface area contributed by atoms with E-state index in [1.165, 1.54) is 6.42 Å². The molecule has 7 atom stereocenters. The first-order valence-electron chi connectivity index (χ1n) is 11.4. The van der Waals surface area contributed by atoms with Crippen molar-refractivity contribution in [1.82, 2.24) is 0 Å². The highest BCUT2D eigenvalue weighted by Gasteiger charge is 2.12. The molecule has 0 aromatic rings. The second-order valence-electron chi connectivity index (χ2n) is 6.63. The van der Waals surface area contributed by atoms with Crippen LogP contribution in [0.4, 0.5) is 0 Å². The van der Waals surface area contributed by atoms with Gasteiger partial charge in [0.25, 0.3) is 0 Å². The maximum atomic E-state index is 5.88. The number of hydrogen-bond donors (Lipinski definition) is 0. The molecule has 0 aliphatic carbocycles. The predicted octanol–water partition coefficient (Wildman–Crippen LogP) is 9.55. The Morgan fingerprint density at radius 1 is 0.938 bits per heavy atom. The molecule has 2 nitrogen and oxygen atoms in total. The molecule has 7 heteroatoms. The lowest BCUT2D eigenvalue weighted by molar-refractivity contribution is 0.220. The molecule has 0 heterocycles. The summed E-state index contributed by atoms with van der Waals surface area (Å²) < 4.78 is 11.8. The molecule has 0 N–H and O–H groups in total. The Morgan fingerprint density at radius 3 is 2.12 bits per heavy atom. The summed E-state index contributed by atoms with van der Waals surface area (Å²) in [4.78, 5) is 0. The van der Waals surface area contributed by atoms with Crippen molar-refractivity contribution in [3.8, 4) is 11.8 Å². The summed E-state index contributed by atoms with van der Waals surface area (Å²) in [6.45, 7) is 10.5. The highest BCUT2D eigenvalue weighted by Crippen LogP contribution is 2.54. The van der Waals surface area contributed by atoms with Crippen molar-refractivity contribution in [2.75, 3.05) is 0 Å². The molecule has 0 aliphatic rings. The van der Waals surface area contributed by atoms with E-state index in [9.17, 15) is 0 Å². The molecule has 0 saturated heterocycles. The second kappa shape index (κ2) is 27.6. The fourth-order valence-electron chi connectivity index (χ4n) is 2.37. The van der Waals surface area contributed by atoms with Gasteiger partial charge < -0.3 is 9.05 Å². The molecule has 0 rings (SSSR count). The van der Waals surface area contributed by atoms with Crippen LogP contribution >= 0.6 is 42.8 Å². The number of allylic oxidation sites excluding steroid dienone is 8. The highest BCUT2D eigenvalue weighted by molar-refractivity contribution is 8.41. The van der Waals surface area contributed by atoms with E-state index in [0.717, 1.165) is 25.7 Å². The first kappa shape index (κ1) is 34.5. The molecule has 0 aromatic heterocycles. The van der Waals surface area contributed by atoms with Gasteiger partial charge in [-0.25, -0.2) is 0 Å². The van der Waals surface area contributed by atoms with Crippen molar-refractivity contribution in [3.05, 3.63) is 60.8 Å². The Hall–Kier alpha value is 0.330. The van der Waals surface area contributed by atoms with E-state index in [2.05, 4.69) is 89.8 Å². The Morgan fingerprint density at radius 2 is 1.56 bits per heavy atom. The summed E-state index contributed by atoms with van der Waals surface area (Å²) in [5.41, 5.74) is 0. The normalized spacial score (nSPS) is 15.3. The fourth-order valence-corrected chi connectivity index (χ4v) is 4.70. The first-order chi connectivity index (χ1) is 15.5. The van der Waals surface area contributed by atoms with Gasteiger partial charge in [0.05, 0.1) is 19.7 Å². The average molecular weight is 533 g/mol. The standard InChI is InChI=1S/C23H39O2P5.C2H6/c1-4-6-8-14-17-21(3)23(24-29-26)20-16-12-10-9-11-15-19-22(25-30(27)28)18-13-7-5-2;1-2/h8-12,14-16,19-23,29H,4-6,17-18,26-28H2,1-3H3;1-2H3/b11-9-,12-10+,14-8-,19-15+,20-16+;. The highest BCUT2D eigenvalue weighted by atomic mass is 32.4. The lowest BCUT2D eigenvalue weighted by Gasteiger charge is -2.19. The van der Waals surface area contributed by atoms with Crippen LogP contribution in [-0.2, 0) is 9.05 Å². The topological polar surface area (TPSA) is 18.5 Å². The molecule has 182 valence electrons. The van der Waals surface area contributed by atoms with Crippen molar-refractivity contribution >= 4 is 42.8 Å². The van der Waals surface area contributed by atoms with Gasteiger partial charge in [-0.05, 0) is 18.8 Å². The van der Waals surface area contributed by atoms with Crippen LogP contribution in [0.5, 0.6) is 0 Å².